The van der Waals surface area contributed by atoms with Gasteiger partial charge in [-0.15, -0.1) is 0 Å². The van der Waals surface area contributed by atoms with Crippen LogP contribution in [0.2, 0.25) is 0 Å². The van der Waals surface area contributed by atoms with Gasteiger partial charge in [-0.1, -0.05) is 48.5 Å². The Morgan fingerprint density at radius 3 is 2.64 bits per heavy atom. The third-order valence-corrected chi connectivity index (χ3v) is 4.66. The minimum atomic E-state index is -0.291. The summed E-state index contributed by atoms with van der Waals surface area (Å²) in [5.41, 5.74) is 1.06. The van der Waals surface area contributed by atoms with Gasteiger partial charge in [-0.25, -0.2) is 4.79 Å². The maximum absolute atomic E-state index is 12.6. The monoisotopic (exact) mass is 296 g/mol. The van der Waals surface area contributed by atoms with E-state index in [1.807, 2.05) is 18.2 Å². The average molecular weight is 296 g/mol. The molecule has 0 amide bonds. The van der Waals surface area contributed by atoms with Gasteiger partial charge in [-0.2, -0.15) is 0 Å². The Kier molecular flexibility index (Phi) is 3.99. The summed E-state index contributed by atoms with van der Waals surface area (Å²) in [7, 11) is 3.62. The van der Waals surface area contributed by atoms with Gasteiger partial charge in [0, 0.05) is 12.0 Å². The predicted octanol–water partition coefficient (Wildman–Crippen LogP) is 3.46. The van der Waals surface area contributed by atoms with E-state index in [0.29, 0.717) is 4.48 Å². The molecule has 2 atom stereocenters. The SMILES string of the molecule is COC(=O)C(c1cccc2ccccc12)[N+]1(C)CC=CCC1. The number of ether oxygens (including phenoxy) is 1. The van der Waals surface area contributed by atoms with Crippen LogP contribution in [0.5, 0.6) is 0 Å². The molecule has 2 aromatic rings. The third kappa shape index (κ3) is 2.53. The second kappa shape index (κ2) is 5.93. The van der Waals surface area contributed by atoms with Gasteiger partial charge in [0.1, 0.15) is 0 Å². The predicted molar refractivity (Wildman–Crippen MR) is 88.4 cm³/mol. The second-order valence-corrected chi connectivity index (χ2v) is 6.14. The largest absolute Gasteiger partial charge is 0.464 e. The molecule has 3 nitrogen and oxygen atoms in total. The molecule has 0 spiro atoms. The molecule has 0 radical (unpaired) electrons. The van der Waals surface area contributed by atoms with E-state index in [0.717, 1.165) is 35.8 Å². The Bertz CT molecular complexity index is 717. The topological polar surface area (TPSA) is 26.3 Å². The van der Waals surface area contributed by atoms with Crippen LogP contribution in [0.15, 0.2) is 54.6 Å². The van der Waals surface area contributed by atoms with Crippen molar-refractivity contribution >= 4 is 16.7 Å². The van der Waals surface area contributed by atoms with E-state index in [1.165, 1.54) is 7.11 Å². The molecule has 1 aliphatic heterocycles. The average Bonchev–Trinajstić information content (AvgIpc) is 2.55. The van der Waals surface area contributed by atoms with Crippen molar-refractivity contribution in [1.29, 1.82) is 0 Å². The normalized spacial score (nSPS) is 22.5. The van der Waals surface area contributed by atoms with Crippen LogP contribution in [0.4, 0.5) is 0 Å². The summed E-state index contributed by atoms with van der Waals surface area (Å²) in [4.78, 5) is 12.6. The number of rotatable bonds is 3. The van der Waals surface area contributed by atoms with Crippen LogP contribution in [0.25, 0.3) is 10.8 Å². The minimum Gasteiger partial charge on any atom is -0.464 e. The Labute approximate surface area is 131 Å². The summed E-state index contributed by atoms with van der Waals surface area (Å²) in [6.07, 6.45) is 5.36. The Morgan fingerprint density at radius 2 is 1.91 bits per heavy atom. The smallest absolute Gasteiger partial charge is 0.369 e. The van der Waals surface area contributed by atoms with Gasteiger partial charge in [-0.05, 0) is 16.8 Å². The molecule has 0 saturated heterocycles. The molecule has 0 aromatic heterocycles. The molecular weight excluding hydrogens is 274 g/mol. The highest BCUT2D eigenvalue weighted by molar-refractivity contribution is 5.90. The number of fused-ring (bicyclic) bond motifs is 1. The van der Waals surface area contributed by atoms with Gasteiger partial charge in [0.25, 0.3) is 0 Å². The Hall–Kier alpha value is -2.13. The number of nitrogens with zero attached hydrogens (tertiary/aromatic N) is 1. The van der Waals surface area contributed by atoms with E-state index in [1.54, 1.807) is 0 Å². The summed E-state index contributed by atoms with van der Waals surface area (Å²) < 4.78 is 5.82. The summed E-state index contributed by atoms with van der Waals surface area (Å²) in [5.74, 6) is -0.158. The minimum absolute atomic E-state index is 0.158. The molecule has 0 N–H and O–H groups in total. The van der Waals surface area contributed by atoms with E-state index < -0.39 is 0 Å². The third-order valence-electron chi connectivity index (χ3n) is 4.66. The van der Waals surface area contributed by atoms with Crippen LogP contribution in [0, 0.1) is 0 Å². The first-order chi connectivity index (χ1) is 10.7. The van der Waals surface area contributed by atoms with Crippen LogP contribution >= 0.6 is 0 Å². The molecule has 0 fully saturated rings. The number of hydrogen-bond donors (Lipinski definition) is 0. The summed E-state index contributed by atoms with van der Waals surface area (Å²) in [6.45, 7) is 1.79. The molecule has 0 aliphatic carbocycles. The molecule has 1 aliphatic rings. The van der Waals surface area contributed by atoms with Crippen LogP contribution < -0.4 is 0 Å². The molecule has 3 rings (SSSR count). The van der Waals surface area contributed by atoms with Crippen molar-refractivity contribution in [3.63, 3.8) is 0 Å². The van der Waals surface area contributed by atoms with Crippen molar-refractivity contribution in [3.05, 3.63) is 60.2 Å². The van der Waals surface area contributed by atoms with Crippen molar-refractivity contribution in [2.24, 2.45) is 0 Å². The van der Waals surface area contributed by atoms with E-state index in [2.05, 4.69) is 43.5 Å². The first-order valence-electron chi connectivity index (χ1n) is 7.70. The summed E-state index contributed by atoms with van der Waals surface area (Å²) in [6, 6.07) is 14.1. The second-order valence-electron chi connectivity index (χ2n) is 6.14. The van der Waals surface area contributed by atoms with Gasteiger partial charge in [-0.3, -0.25) is 0 Å². The van der Waals surface area contributed by atoms with Crippen molar-refractivity contribution in [2.45, 2.75) is 12.5 Å². The van der Waals surface area contributed by atoms with Gasteiger partial charge < -0.3 is 9.22 Å². The molecule has 2 aromatic carbocycles. The Morgan fingerprint density at radius 1 is 1.14 bits per heavy atom. The highest BCUT2D eigenvalue weighted by Gasteiger charge is 2.41. The van der Waals surface area contributed by atoms with E-state index in [4.69, 9.17) is 4.74 Å². The molecule has 0 bridgehead atoms. The van der Waals surface area contributed by atoms with Crippen molar-refractivity contribution in [1.82, 2.24) is 0 Å². The zero-order chi connectivity index (χ0) is 15.6. The highest BCUT2D eigenvalue weighted by Crippen LogP contribution is 2.34. The number of likely N-dealkylation sites (N-methyl/N-ethyl adjacent to an activating group) is 1. The fraction of sp³-hybridized carbons (Fsp3) is 0.316. The standard InChI is InChI=1S/C19H22NO2/c1-20(13-6-3-7-14-20)18(19(21)22-2)17-12-8-10-15-9-4-5-11-16(15)17/h3-6,8-12,18H,7,13-14H2,1-2H3/q+1. The van der Waals surface area contributed by atoms with Gasteiger partial charge in [0.15, 0.2) is 0 Å². The summed E-state index contributed by atoms with van der Waals surface area (Å²) >= 11 is 0. The number of methoxy groups -OCH3 is 1. The number of benzene rings is 2. The van der Waals surface area contributed by atoms with Crippen LogP contribution in [-0.4, -0.2) is 37.7 Å². The van der Waals surface area contributed by atoms with E-state index in [9.17, 15) is 4.79 Å². The van der Waals surface area contributed by atoms with Crippen LogP contribution in [0.3, 0.4) is 0 Å². The van der Waals surface area contributed by atoms with E-state index >= 15 is 0 Å². The summed E-state index contributed by atoms with van der Waals surface area (Å²) in [5, 5.41) is 2.29. The van der Waals surface area contributed by atoms with Gasteiger partial charge >= 0.3 is 5.97 Å². The van der Waals surface area contributed by atoms with E-state index in [-0.39, 0.29) is 12.0 Å². The lowest BCUT2D eigenvalue weighted by Crippen LogP contribution is -2.52. The lowest BCUT2D eigenvalue weighted by atomic mass is 9.95. The number of quaternary nitrogens is 1. The maximum atomic E-state index is 12.6. The highest BCUT2D eigenvalue weighted by atomic mass is 16.5. The number of carbonyl (C=O) groups is 1. The van der Waals surface area contributed by atoms with Crippen molar-refractivity contribution in [2.75, 3.05) is 27.2 Å². The quantitative estimate of drug-likeness (QED) is 0.492. The maximum Gasteiger partial charge on any atom is 0.369 e. The molecule has 114 valence electrons. The zero-order valence-corrected chi connectivity index (χ0v) is 13.2. The van der Waals surface area contributed by atoms with Crippen molar-refractivity contribution in [3.8, 4) is 0 Å². The number of carbonyl (C=O) groups excluding carboxylic acids is 1. The van der Waals surface area contributed by atoms with Crippen LogP contribution in [-0.2, 0) is 9.53 Å². The molecule has 2 unspecified atom stereocenters. The first-order valence-corrected chi connectivity index (χ1v) is 7.70. The fourth-order valence-corrected chi connectivity index (χ4v) is 3.45. The lowest BCUT2D eigenvalue weighted by molar-refractivity contribution is -0.926. The lowest BCUT2D eigenvalue weighted by Gasteiger charge is -2.41. The van der Waals surface area contributed by atoms with Crippen molar-refractivity contribution < 1.29 is 14.0 Å². The van der Waals surface area contributed by atoms with Gasteiger partial charge in [0.2, 0.25) is 6.04 Å². The molecule has 0 saturated carbocycles. The first kappa shape index (κ1) is 14.8. The van der Waals surface area contributed by atoms with Gasteiger partial charge in [0.05, 0.1) is 27.2 Å². The zero-order valence-electron chi connectivity index (χ0n) is 13.2. The fourth-order valence-electron chi connectivity index (χ4n) is 3.45. The number of hydrogen-bond acceptors (Lipinski definition) is 2. The molecule has 22 heavy (non-hydrogen) atoms. The van der Waals surface area contributed by atoms with Crippen LogP contribution in [0.1, 0.15) is 18.0 Å². The molecular formula is C19H22NO2+. The molecule has 3 heteroatoms. The molecule has 1 heterocycles. The number of esters is 1. The Balaban J connectivity index is 2.17.